The highest BCUT2D eigenvalue weighted by Crippen LogP contribution is 2.71. The van der Waals surface area contributed by atoms with Crippen molar-refractivity contribution in [3.63, 3.8) is 0 Å². The number of Topliss-reactive ketones (excluding diaryl/α,β-unsaturated/α-hetero) is 1. The average Bonchev–Trinajstić information content (AvgIpc) is 3.01. The molecule has 0 aromatic rings. The van der Waals surface area contributed by atoms with Crippen LogP contribution in [0.4, 0.5) is 0 Å². The van der Waals surface area contributed by atoms with E-state index in [0.29, 0.717) is 18.6 Å². The van der Waals surface area contributed by atoms with Crippen LogP contribution in [0.15, 0.2) is 12.2 Å². The van der Waals surface area contributed by atoms with Crippen LogP contribution < -0.4 is 0 Å². The van der Waals surface area contributed by atoms with Crippen LogP contribution in [0.5, 0.6) is 0 Å². The van der Waals surface area contributed by atoms with Crippen molar-refractivity contribution in [1.82, 2.24) is 0 Å². The standard InChI is InChI=1S/C20H26O5/c1-10-11-4-5-12-19(8-11,15(10)21)17(23)25-13-6-7-18(2,3)14-16(22)24-9-20(12,13)14/h11-14,16,22H,1,4-9H2,2-3H3/t11-,12-,13+,14-,16?,19+,20-/m1/s1. The summed E-state index contributed by atoms with van der Waals surface area (Å²) >= 11 is 0. The predicted octanol–water partition coefficient (Wildman–Crippen LogP) is 2.22. The van der Waals surface area contributed by atoms with Crippen LogP contribution in [-0.4, -0.2) is 35.9 Å². The van der Waals surface area contributed by atoms with E-state index in [1.54, 1.807) is 0 Å². The first-order valence-electron chi connectivity index (χ1n) is 9.49. The van der Waals surface area contributed by atoms with Crippen molar-refractivity contribution >= 4 is 11.8 Å². The Bertz CT molecular complexity index is 696. The van der Waals surface area contributed by atoms with E-state index in [0.717, 1.165) is 25.7 Å². The van der Waals surface area contributed by atoms with Gasteiger partial charge in [-0.1, -0.05) is 20.4 Å². The maximum absolute atomic E-state index is 13.2. The van der Waals surface area contributed by atoms with E-state index < -0.39 is 17.1 Å². The number of esters is 1. The van der Waals surface area contributed by atoms with Crippen molar-refractivity contribution in [3.05, 3.63) is 12.2 Å². The number of ether oxygens (including phenoxy) is 2. The molecule has 2 saturated heterocycles. The summed E-state index contributed by atoms with van der Waals surface area (Å²) in [6, 6.07) is 0. The van der Waals surface area contributed by atoms with E-state index in [4.69, 9.17) is 9.47 Å². The number of carbonyl (C=O) groups is 2. The summed E-state index contributed by atoms with van der Waals surface area (Å²) in [4.78, 5) is 26.2. The predicted molar refractivity (Wildman–Crippen MR) is 88.2 cm³/mol. The summed E-state index contributed by atoms with van der Waals surface area (Å²) in [6.07, 6.45) is 2.77. The molecule has 0 aromatic heterocycles. The molecule has 5 heteroatoms. The lowest BCUT2D eigenvalue weighted by atomic mass is 9.44. The Hall–Kier alpha value is -1.20. The molecule has 1 unspecified atom stereocenters. The van der Waals surface area contributed by atoms with Gasteiger partial charge in [0, 0.05) is 11.3 Å². The van der Waals surface area contributed by atoms with Crippen molar-refractivity contribution < 1.29 is 24.2 Å². The lowest BCUT2D eigenvalue weighted by Gasteiger charge is -2.61. The summed E-state index contributed by atoms with van der Waals surface area (Å²) in [5.74, 6) is -0.586. The summed E-state index contributed by atoms with van der Waals surface area (Å²) in [7, 11) is 0. The molecule has 5 fully saturated rings. The van der Waals surface area contributed by atoms with Gasteiger partial charge in [-0.2, -0.15) is 0 Å². The molecule has 1 N–H and O–H groups in total. The Kier molecular flexibility index (Phi) is 2.91. The molecular weight excluding hydrogens is 320 g/mol. The van der Waals surface area contributed by atoms with Crippen molar-refractivity contribution in [1.29, 1.82) is 0 Å². The van der Waals surface area contributed by atoms with Gasteiger partial charge in [0.1, 0.15) is 11.5 Å². The highest BCUT2D eigenvalue weighted by molar-refractivity contribution is 6.15. The van der Waals surface area contributed by atoms with E-state index in [2.05, 4.69) is 20.4 Å². The Labute approximate surface area is 147 Å². The van der Waals surface area contributed by atoms with Crippen LogP contribution >= 0.6 is 0 Å². The highest BCUT2D eigenvalue weighted by Gasteiger charge is 2.77. The molecule has 5 nitrogen and oxygen atoms in total. The smallest absolute Gasteiger partial charge is 0.320 e. The van der Waals surface area contributed by atoms with Crippen LogP contribution in [0.3, 0.4) is 0 Å². The topological polar surface area (TPSA) is 72.8 Å². The number of hydrogen-bond donors (Lipinski definition) is 1. The molecule has 2 aliphatic heterocycles. The van der Waals surface area contributed by atoms with Crippen molar-refractivity contribution in [3.8, 4) is 0 Å². The minimum Gasteiger partial charge on any atom is -0.461 e. The lowest BCUT2D eigenvalue weighted by molar-refractivity contribution is -0.236. The first-order chi connectivity index (χ1) is 11.7. The summed E-state index contributed by atoms with van der Waals surface area (Å²) < 4.78 is 11.7. The number of fused-ring (bicyclic) bond motifs is 1. The number of aliphatic hydroxyl groups is 1. The van der Waals surface area contributed by atoms with Gasteiger partial charge in [0.15, 0.2) is 12.1 Å². The second-order valence-corrected chi connectivity index (χ2v) is 9.57. The van der Waals surface area contributed by atoms with Gasteiger partial charge in [-0.15, -0.1) is 0 Å². The van der Waals surface area contributed by atoms with E-state index in [-0.39, 0.29) is 41.0 Å². The maximum atomic E-state index is 13.2. The summed E-state index contributed by atoms with van der Waals surface area (Å²) in [5.41, 5.74) is -1.07. The lowest BCUT2D eigenvalue weighted by Crippen LogP contribution is -2.68. The van der Waals surface area contributed by atoms with Crippen LogP contribution in [0, 0.1) is 34.0 Å². The van der Waals surface area contributed by atoms with Gasteiger partial charge in [0.2, 0.25) is 0 Å². The first kappa shape index (κ1) is 16.0. The van der Waals surface area contributed by atoms with E-state index in [1.807, 2.05) is 0 Å². The van der Waals surface area contributed by atoms with Gasteiger partial charge < -0.3 is 14.6 Å². The van der Waals surface area contributed by atoms with Gasteiger partial charge in [-0.3, -0.25) is 9.59 Å². The molecule has 7 atom stereocenters. The molecule has 25 heavy (non-hydrogen) atoms. The summed E-state index contributed by atoms with van der Waals surface area (Å²) in [5, 5.41) is 10.7. The van der Waals surface area contributed by atoms with Gasteiger partial charge in [0.05, 0.1) is 6.61 Å². The largest absolute Gasteiger partial charge is 0.461 e. The average molecular weight is 346 g/mol. The number of aliphatic hydroxyl groups excluding tert-OH is 1. The van der Waals surface area contributed by atoms with Crippen LogP contribution in [0.1, 0.15) is 46.0 Å². The van der Waals surface area contributed by atoms with Gasteiger partial charge in [0.25, 0.3) is 0 Å². The van der Waals surface area contributed by atoms with Gasteiger partial charge in [-0.05, 0) is 54.9 Å². The minimum atomic E-state index is -1.09. The Balaban J connectivity index is 1.71. The SMILES string of the molecule is C=C1C(=O)[C@]23C[C@H]1CC[C@H]2[C@@]12COC(O)[C@@H]1C(C)(C)CC[C@@H]2OC3=O. The molecule has 3 saturated carbocycles. The molecule has 2 spiro atoms. The van der Waals surface area contributed by atoms with Crippen LogP contribution in [0.2, 0.25) is 0 Å². The normalized spacial score (nSPS) is 53.1. The monoisotopic (exact) mass is 346 g/mol. The van der Waals surface area contributed by atoms with Crippen molar-refractivity contribution in [2.75, 3.05) is 6.61 Å². The fourth-order valence-corrected chi connectivity index (χ4v) is 7.27. The number of rotatable bonds is 0. The molecule has 0 amide bonds. The molecule has 3 aliphatic carbocycles. The summed E-state index contributed by atoms with van der Waals surface area (Å²) in [6.45, 7) is 8.69. The van der Waals surface area contributed by atoms with E-state index >= 15 is 0 Å². The molecular formula is C20H26O5. The van der Waals surface area contributed by atoms with Gasteiger partial charge in [-0.25, -0.2) is 0 Å². The third kappa shape index (κ3) is 1.59. The van der Waals surface area contributed by atoms with Crippen molar-refractivity contribution in [2.24, 2.45) is 34.0 Å². The van der Waals surface area contributed by atoms with Crippen LogP contribution in [0.25, 0.3) is 0 Å². The van der Waals surface area contributed by atoms with E-state index in [9.17, 15) is 14.7 Å². The fraction of sp³-hybridized carbons (Fsp3) is 0.800. The molecule has 5 rings (SSSR count). The van der Waals surface area contributed by atoms with E-state index in [1.165, 1.54) is 0 Å². The minimum absolute atomic E-state index is 0.103. The number of allylic oxidation sites excluding steroid dienone is 1. The van der Waals surface area contributed by atoms with Crippen LogP contribution in [-0.2, 0) is 19.1 Å². The third-order valence-electron chi connectivity index (χ3n) is 8.28. The molecule has 2 heterocycles. The Morgan fingerprint density at radius 2 is 1.96 bits per heavy atom. The van der Waals surface area contributed by atoms with Crippen molar-refractivity contribution in [2.45, 2.75) is 58.3 Å². The molecule has 0 aromatic carbocycles. The highest BCUT2D eigenvalue weighted by atomic mass is 16.6. The Morgan fingerprint density at radius 1 is 1.20 bits per heavy atom. The molecule has 5 aliphatic rings. The molecule has 2 bridgehead atoms. The Morgan fingerprint density at radius 3 is 2.72 bits per heavy atom. The second-order valence-electron chi connectivity index (χ2n) is 9.57. The second kappa shape index (κ2) is 4.55. The number of hydrogen-bond acceptors (Lipinski definition) is 5. The zero-order chi connectivity index (χ0) is 17.8. The maximum Gasteiger partial charge on any atom is 0.320 e. The fourth-order valence-electron chi connectivity index (χ4n) is 7.27. The molecule has 136 valence electrons. The quantitative estimate of drug-likeness (QED) is 0.414. The zero-order valence-electron chi connectivity index (χ0n) is 14.9. The zero-order valence-corrected chi connectivity index (χ0v) is 14.9. The number of ketones is 1. The first-order valence-corrected chi connectivity index (χ1v) is 9.49. The number of carbonyl (C=O) groups excluding carboxylic acids is 2. The van der Waals surface area contributed by atoms with Gasteiger partial charge >= 0.3 is 5.97 Å². The third-order valence-corrected chi connectivity index (χ3v) is 8.28. The molecule has 0 radical (unpaired) electrons.